The second kappa shape index (κ2) is 6.74. The number of hydrogen-bond donors (Lipinski definition) is 0. The smallest absolute Gasteiger partial charge is 0.387 e. The number of alkyl halides is 2. The molecule has 0 bridgehead atoms. The highest BCUT2D eigenvalue weighted by Gasteiger charge is 2.35. The van der Waals surface area contributed by atoms with Gasteiger partial charge in [0.25, 0.3) is 0 Å². The number of rotatable bonds is 6. The van der Waals surface area contributed by atoms with E-state index in [2.05, 4.69) is 10.8 Å². The molecule has 2 saturated carbocycles. The molecule has 0 radical (unpaired) electrons. The van der Waals surface area contributed by atoms with Gasteiger partial charge in [0.2, 0.25) is 0 Å². The Kier molecular flexibility index (Phi) is 4.70. The maximum absolute atomic E-state index is 12.6. The molecule has 0 unspecified atom stereocenters. The van der Waals surface area contributed by atoms with Gasteiger partial charge in [0.15, 0.2) is 11.5 Å². The predicted molar refractivity (Wildman–Crippen MR) is 81.7 cm³/mol. The highest BCUT2D eigenvalue weighted by atomic mass is 19.3. The molecule has 0 aliphatic heterocycles. The van der Waals surface area contributed by atoms with Crippen molar-refractivity contribution in [2.24, 2.45) is 5.92 Å². The van der Waals surface area contributed by atoms with Crippen LogP contribution < -0.4 is 9.47 Å². The van der Waals surface area contributed by atoms with Crippen molar-refractivity contribution in [3.05, 3.63) is 23.8 Å². The van der Waals surface area contributed by atoms with Gasteiger partial charge < -0.3 is 9.47 Å². The Bertz CT molecular complexity index is 587. The summed E-state index contributed by atoms with van der Waals surface area (Å²) in [6.07, 6.45) is 7.02. The van der Waals surface area contributed by atoms with Crippen molar-refractivity contribution < 1.29 is 18.3 Å². The topological polar surface area (TPSA) is 42.2 Å². The molecule has 0 amide bonds. The van der Waals surface area contributed by atoms with Crippen LogP contribution in [0.25, 0.3) is 0 Å². The summed E-state index contributed by atoms with van der Waals surface area (Å²) < 4.78 is 35.4. The Morgan fingerprint density at radius 2 is 1.91 bits per heavy atom. The molecule has 3 nitrogen and oxygen atoms in total. The van der Waals surface area contributed by atoms with Gasteiger partial charge in [-0.25, -0.2) is 0 Å². The minimum absolute atomic E-state index is 0.0494. The third kappa shape index (κ3) is 3.74. The Morgan fingerprint density at radius 3 is 2.52 bits per heavy atom. The first-order valence-electron chi connectivity index (χ1n) is 8.26. The number of nitrogens with zero attached hydrogens (tertiary/aromatic N) is 1. The van der Waals surface area contributed by atoms with E-state index in [1.54, 1.807) is 12.1 Å². The first-order valence-corrected chi connectivity index (χ1v) is 8.26. The van der Waals surface area contributed by atoms with E-state index < -0.39 is 12.0 Å². The molecule has 5 heteroatoms. The molecule has 0 heterocycles. The van der Waals surface area contributed by atoms with Gasteiger partial charge in [0.1, 0.15) is 0 Å². The molecule has 2 aliphatic rings. The quantitative estimate of drug-likeness (QED) is 0.755. The number of benzene rings is 1. The van der Waals surface area contributed by atoms with Crippen LogP contribution in [0.2, 0.25) is 0 Å². The Hall–Kier alpha value is -1.83. The summed E-state index contributed by atoms with van der Waals surface area (Å²) in [4.78, 5) is 0. The molecule has 0 aromatic heterocycles. The van der Waals surface area contributed by atoms with E-state index in [-0.39, 0.29) is 5.75 Å². The van der Waals surface area contributed by atoms with Crippen LogP contribution in [0.1, 0.15) is 50.5 Å². The van der Waals surface area contributed by atoms with Crippen LogP contribution in [0, 0.1) is 17.2 Å². The highest BCUT2D eigenvalue weighted by Crippen LogP contribution is 2.42. The average molecular weight is 321 g/mol. The fourth-order valence-electron chi connectivity index (χ4n) is 3.22. The van der Waals surface area contributed by atoms with Crippen LogP contribution in [0.5, 0.6) is 11.5 Å². The standard InChI is InChI=1S/C18H21F2NO2/c19-17(20)23-15-7-6-14(10-16(15)22-11-13-4-5-13)18(12-21)8-2-1-3-9-18/h6-7,10,13,17H,1-5,8-9,11H2. The molecular weight excluding hydrogens is 300 g/mol. The van der Waals surface area contributed by atoms with Crippen LogP contribution in [-0.4, -0.2) is 13.2 Å². The molecule has 2 fully saturated rings. The number of hydrogen-bond acceptors (Lipinski definition) is 3. The fourth-order valence-corrected chi connectivity index (χ4v) is 3.22. The Labute approximate surface area is 135 Å². The van der Waals surface area contributed by atoms with Crippen LogP contribution in [0.4, 0.5) is 8.78 Å². The number of ether oxygens (including phenoxy) is 2. The van der Waals surface area contributed by atoms with Gasteiger partial charge in [-0.1, -0.05) is 25.3 Å². The van der Waals surface area contributed by atoms with Crippen molar-refractivity contribution in [3.8, 4) is 17.6 Å². The SMILES string of the molecule is N#CC1(c2ccc(OC(F)F)c(OCC3CC3)c2)CCCCC1. The lowest BCUT2D eigenvalue weighted by atomic mass is 9.70. The summed E-state index contributed by atoms with van der Waals surface area (Å²) in [5.41, 5.74) is 0.325. The highest BCUT2D eigenvalue weighted by molar-refractivity contribution is 5.47. The summed E-state index contributed by atoms with van der Waals surface area (Å²) in [6.45, 7) is -2.37. The molecule has 1 aromatic rings. The lowest BCUT2D eigenvalue weighted by molar-refractivity contribution is -0.0515. The minimum Gasteiger partial charge on any atom is -0.489 e. The molecule has 124 valence electrons. The van der Waals surface area contributed by atoms with Gasteiger partial charge in [0.05, 0.1) is 18.1 Å². The average Bonchev–Trinajstić information content (AvgIpc) is 3.38. The predicted octanol–water partition coefficient (Wildman–Crippen LogP) is 4.80. The van der Waals surface area contributed by atoms with E-state index in [1.165, 1.54) is 6.07 Å². The number of halogens is 2. The maximum atomic E-state index is 12.6. The van der Waals surface area contributed by atoms with E-state index in [0.717, 1.165) is 50.5 Å². The minimum atomic E-state index is -2.89. The zero-order chi connectivity index (χ0) is 16.3. The van der Waals surface area contributed by atoms with Crippen molar-refractivity contribution in [1.29, 1.82) is 5.26 Å². The lowest BCUT2D eigenvalue weighted by Gasteiger charge is -2.31. The summed E-state index contributed by atoms with van der Waals surface area (Å²) in [7, 11) is 0. The van der Waals surface area contributed by atoms with Crippen molar-refractivity contribution >= 4 is 0 Å². The van der Waals surface area contributed by atoms with Crippen molar-refractivity contribution in [3.63, 3.8) is 0 Å². The van der Waals surface area contributed by atoms with Gasteiger partial charge >= 0.3 is 6.61 Å². The van der Waals surface area contributed by atoms with E-state index in [9.17, 15) is 14.0 Å². The van der Waals surface area contributed by atoms with Gasteiger partial charge in [0, 0.05) is 0 Å². The largest absolute Gasteiger partial charge is 0.489 e. The van der Waals surface area contributed by atoms with E-state index in [1.807, 2.05) is 0 Å². The van der Waals surface area contributed by atoms with Gasteiger partial charge in [-0.05, 0) is 49.3 Å². The van der Waals surface area contributed by atoms with Crippen LogP contribution in [0.15, 0.2) is 18.2 Å². The van der Waals surface area contributed by atoms with E-state index in [4.69, 9.17) is 4.74 Å². The van der Waals surface area contributed by atoms with Crippen molar-refractivity contribution in [1.82, 2.24) is 0 Å². The number of nitriles is 1. The summed E-state index contributed by atoms with van der Waals surface area (Å²) in [6, 6.07) is 7.43. The summed E-state index contributed by atoms with van der Waals surface area (Å²) in [5, 5.41) is 9.69. The first-order chi connectivity index (χ1) is 11.1. The molecule has 0 N–H and O–H groups in total. The Balaban J connectivity index is 1.87. The molecule has 0 spiro atoms. The van der Waals surface area contributed by atoms with Crippen LogP contribution >= 0.6 is 0 Å². The van der Waals surface area contributed by atoms with E-state index >= 15 is 0 Å². The van der Waals surface area contributed by atoms with Crippen LogP contribution in [0.3, 0.4) is 0 Å². The molecule has 3 rings (SSSR count). The third-order valence-electron chi connectivity index (χ3n) is 4.80. The van der Waals surface area contributed by atoms with Gasteiger partial charge in [-0.15, -0.1) is 0 Å². The third-order valence-corrected chi connectivity index (χ3v) is 4.80. The summed E-state index contributed by atoms with van der Waals surface area (Å²) in [5.74, 6) is 0.890. The zero-order valence-electron chi connectivity index (χ0n) is 13.1. The molecule has 1 aromatic carbocycles. The van der Waals surface area contributed by atoms with Gasteiger partial charge in [-0.3, -0.25) is 0 Å². The first kappa shape index (κ1) is 16.0. The molecule has 0 saturated heterocycles. The van der Waals surface area contributed by atoms with Crippen molar-refractivity contribution in [2.75, 3.05) is 6.61 Å². The maximum Gasteiger partial charge on any atom is 0.387 e. The zero-order valence-corrected chi connectivity index (χ0v) is 13.1. The monoisotopic (exact) mass is 321 g/mol. The molecule has 23 heavy (non-hydrogen) atoms. The van der Waals surface area contributed by atoms with E-state index in [0.29, 0.717) is 18.3 Å². The van der Waals surface area contributed by atoms with Gasteiger partial charge in [-0.2, -0.15) is 14.0 Å². The summed E-state index contributed by atoms with van der Waals surface area (Å²) >= 11 is 0. The second-order valence-electron chi connectivity index (χ2n) is 6.55. The Morgan fingerprint density at radius 1 is 1.17 bits per heavy atom. The van der Waals surface area contributed by atoms with Crippen LogP contribution in [-0.2, 0) is 5.41 Å². The molecular formula is C18H21F2NO2. The molecule has 0 atom stereocenters. The normalized spacial score (nSPS) is 20.1. The fraction of sp³-hybridized carbons (Fsp3) is 0.611. The molecule has 2 aliphatic carbocycles. The lowest BCUT2D eigenvalue weighted by Crippen LogP contribution is -2.27. The second-order valence-corrected chi connectivity index (χ2v) is 6.55. The van der Waals surface area contributed by atoms with Crippen molar-refractivity contribution in [2.45, 2.75) is 57.0 Å².